The smallest absolute Gasteiger partial charge is 0.407 e. The first kappa shape index (κ1) is 25.0. The summed E-state index contributed by atoms with van der Waals surface area (Å²) in [6.07, 6.45) is 4.95. The molecule has 0 aliphatic rings. The summed E-state index contributed by atoms with van der Waals surface area (Å²) in [7, 11) is 7.72. The number of amides is 1. The lowest BCUT2D eigenvalue weighted by atomic mass is 9.95. The van der Waals surface area contributed by atoms with Crippen LogP contribution in [0.3, 0.4) is 0 Å². The number of nitrogens with one attached hydrogen (secondary N) is 2. The van der Waals surface area contributed by atoms with Crippen molar-refractivity contribution >= 4 is 41.9 Å². The first-order valence-corrected chi connectivity index (χ1v) is 11.6. The van der Waals surface area contributed by atoms with Gasteiger partial charge in [0.1, 0.15) is 25.8 Å². The van der Waals surface area contributed by atoms with Crippen LogP contribution in [0.15, 0.2) is 55.0 Å². The van der Waals surface area contributed by atoms with Crippen LogP contribution in [0.5, 0.6) is 5.75 Å². The third-order valence-corrected chi connectivity index (χ3v) is 5.07. The molecule has 0 saturated carbocycles. The average Bonchev–Trinajstić information content (AvgIpc) is 3.23. The van der Waals surface area contributed by atoms with Crippen molar-refractivity contribution in [1.82, 2.24) is 25.1 Å². The standard InChI is InChI=1S/C26H29BN6O3/c1-16(30-25(34)36-26(2,3)4)15-35-22-10-17(19-13-29-33(5)14-19)9-21(11-22)31-24-28-12-18-8-20(27)6-7-23(18)32-24/h6-14,16H,15H2,1-5H3,(H,30,34)(H,28,31,32)/t16-/m0/s1. The molecule has 1 atom stereocenters. The van der Waals surface area contributed by atoms with Gasteiger partial charge in [-0.1, -0.05) is 17.6 Å². The van der Waals surface area contributed by atoms with Gasteiger partial charge in [-0.15, -0.1) is 0 Å². The molecule has 2 aromatic heterocycles. The minimum atomic E-state index is -0.569. The molecule has 2 aromatic carbocycles. The fourth-order valence-electron chi connectivity index (χ4n) is 3.50. The highest BCUT2D eigenvalue weighted by Gasteiger charge is 2.18. The molecule has 0 bridgehead atoms. The zero-order valence-electron chi connectivity index (χ0n) is 21.1. The van der Waals surface area contributed by atoms with E-state index in [-0.39, 0.29) is 12.6 Å². The number of carbonyl (C=O) groups is 1. The van der Waals surface area contributed by atoms with Crippen LogP contribution in [0.1, 0.15) is 27.7 Å². The highest BCUT2D eigenvalue weighted by atomic mass is 16.6. The van der Waals surface area contributed by atoms with Crippen LogP contribution in [0.4, 0.5) is 16.4 Å². The summed E-state index contributed by atoms with van der Waals surface area (Å²) in [5.74, 6) is 1.06. The van der Waals surface area contributed by atoms with Crippen LogP contribution in [-0.4, -0.2) is 51.9 Å². The number of hydrogen-bond acceptors (Lipinski definition) is 7. The zero-order valence-corrected chi connectivity index (χ0v) is 21.1. The summed E-state index contributed by atoms with van der Waals surface area (Å²) in [5, 5.41) is 11.2. The number of fused-ring (bicyclic) bond motifs is 1. The third kappa shape index (κ3) is 6.75. The van der Waals surface area contributed by atoms with E-state index in [4.69, 9.17) is 17.3 Å². The van der Waals surface area contributed by atoms with Crippen LogP contribution in [0, 0.1) is 0 Å². The predicted octanol–water partition coefficient (Wildman–Crippen LogP) is 3.86. The topological polar surface area (TPSA) is 103 Å². The highest BCUT2D eigenvalue weighted by molar-refractivity contribution is 6.33. The maximum Gasteiger partial charge on any atom is 0.407 e. The van der Waals surface area contributed by atoms with E-state index >= 15 is 0 Å². The second-order valence-corrected chi connectivity index (χ2v) is 9.64. The number of aromatic nitrogens is 4. The molecule has 0 saturated heterocycles. The average molecular weight is 484 g/mol. The molecular formula is C26H29BN6O3. The molecule has 10 heteroatoms. The van der Waals surface area contributed by atoms with Gasteiger partial charge in [-0.05, 0) is 51.5 Å². The molecule has 0 aliphatic heterocycles. The van der Waals surface area contributed by atoms with Crippen molar-refractivity contribution in [3.05, 3.63) is 55.0 Å². The number of hydrogen-bond donors (Lipinski definition) is 2. The number of aryl methyl sites for hydroxylation is 1. The van der Waals surface area contributed by atoms with Crippen molar-refractivity contribution in [3.8, 4) is 16.9 Å². The molecule has 184 valence electrons. The molecule has 9 nitrogen and oxygen atoms in total. The molecule has 0 aliphatic carbocycles. The van der Waals surface area contributed by atoms with Crippen molar-refractivity contribution in [2.75, 3.05) is 11.9 Å². The third-order valence-electron chi connectivity index (χ3n) is 5.07. The SMILES string of the molecule is [B]c1ccc2nc(Nc3cc(OC[C@H](C)NC(=O)OC(C)(C)C)cc(-c4cnn(C)c4)c3)ncc2c1. The lowest BCUT2D eigenvalue weighted by Crippen LogP contribution is -2.40. The number of ether oxygens (including phenoxy) is 2. The predicted molar refractivity (Wildman–Crippen MR) is 141 cm³/mol. The Hall–Kier alpha value is -4.08. The fourth-order valence-corrected chi connectivity index (χ4v) is 3.50. The Morgan fingerprint density at radius 1 is 1.14 bits per heavy atom. The Labute approximate surface area is 211 Å². The Balaban J connectivity index is 1.54. The fraction of sp³-hybridized carbons (Fsp3) is 0.308. The maximum atomic E-state index is 12.1. The molecule has 36 heavy (non-hydrogen) atoms. The summed E-state index contributed by atoms with van der Waals surface area (Å²) in [5.41, 5.74) is 3.46. The van der Waals surface area contributed by atoms with E-state index in [1.807, 2.05) is 71.3 Å². The number of benzene rings is 2. The number of anilines is 2. The molecule has 2 radical (unpaired) electrons. The number of rotatable bonds is 7. The van der Waals surface area contributed by atoms with E-state index in [9.17, 15) is 4.79 Å². The van der Waals surface area contributed by atoms with Crippen molar-refractivity contribution in [2.45, 2.75) is 39.3 Å². The molecule has 0 unspecified atom stereocenters. The van der Waals surface area contributed by atoms with Crippen molar-refractivity contribution in [1.29, 1.82) is 0 Å². The minimum absolute atomic E-state index is 0.253. The molecular weight excluding hydrogens is 455 g/mol. The van der Waals surface area contributed by atoms with Gasteiger partial charge in [0.2, 0.25) is 5.95 Å². The van der Waals surface area contributed by atoms with Crippen LogP contribution in [0.25, 0.3) is 22.0 Å². The van der Waals surface area contributed by atoms with Crippen LogP contribution in [0.2, 0.25) is 0 Å². The Bertz CT molecular complexity index is 1380. The highest BCUT2D eigenvalue weighted by Crippen LogP contribution is 2.30. The van der Waals surface area contributed by atoms with E-state index < -0.39 is 11.7 Å². The summed E-state index contributed by atoms with van der Waals surface area (Å²) >= 11 is 0. The normalized spacial score (nSPS) is 12.2. The van der Waals surface area contributed by atoms with E-state index in [1.54, 1.807) is 23.1 Å². The lowest BCUT2D eigenvalue weighted by molar-refractivity contribution is 0.0494. The summed E-state index contributed by atoms with van der Waals surface area (Å²) in [6, 6.07) is 11.0. The Morgan fingerprint density at radius 2 is 1.94 bits per heavy atom. The monoisotopic (exact) mass is 484 g/mol. The van der Waals surface area contributed by atoms with Gasteiger partial charge >= 0.3 is 6.09 Å². The summed E-state index contributed by atoms with van der Waals surface area (Å²) in [4.78, 5) is 21.1. The molecule has 4 aromatic rings. The molecule has 2 N–H and O–H groups in total. The Morgan fingerprint density at radius 3 is 2.67 bits per heavy atom. The van der Waals surface area contributed by atoms with Gasteiger partial charge in [0, 0.05) is 42.1 Å². The van der Waals surface area contributed by atoms with Gasteiger partial charge in [-0.25, -0.2) is 14.8 Å². The van der Waals surface area contributed by atoms with Crippen LogP contribution in [-0.2, 0) is 11.8 Å². The first-order chi connectivity index (χ1) is 17.0. The van der Waals surface area contributed by atoms with E-state index in [2.05, 4.69) is 25.7 Å². The largest absolute Gasteiger partial charge is 0.491 e. The van der Waals surface area contributed by atoms with Gasteiger partial charge in [-0.2, -0.15) is 5.10 Å². The van der Waals surface area contributed by atoms with Gasteiger partial charge < -0.3 is 20.1 Å². The Kier molecular flexibility index (Phi) is 7.14. The quantitative estimate of drug-likeness (QED) is 0.384. The van der Waals surface area contributed by atoms with Crippen molar-refractivity contribution < 1.29 is 14.3 Å². The minimum Gasteiger partial charge on any atom is -0.491 e. The van der Waals surface area contributed by atoms with Gasteiger partial charge in [-0.3, -0.25) is 4.68 Å². The van der Waals surface area contributed by atoms with E-state index in [0.29, 0.717) is 17.2 Å². The second kappa shape index (κ2) is 10.3. The molecule has 1 amide bonds. The van der Waals surface area contributed by atoms with E-state index in [1.165, 1.54) is 0 Å². The molecule has 0 fully saturated rings. The number of carbonyl (C=O) groups excluding carboxylic acids is 1. The first-order valence-electron chi connectivity index (χ1n) is 11.6. The number of nitrogens with zero attached hydrogens (tertiary/aromatic N) is 4. The maximum absolute atomic E-state index is 12.1. The van der Waals surface area contributed by atoms with Crippen molar-refractivity contribution in [3.63, 3.8) is 0 Å². The van der Waals surface area contributed by atoms with Gasteiger partial charge in [0.25, 0.3) is 0 Å². The van der Waals surface area contributed by atoms with Crippen molar-refractivity contribution in [2.24, 2.45) is 7.05 Å². The van der Waals surface area contributed by atoms with Gasteiger partial charge in [0.05, 0.1) is 17.8 Å². The molecule has 4 rings (SSSR count). The number of alkyl carbamates (subject to hydrolysis) is 1. The van der Waals surface area contributed by atoms with Gasteiger partial charge in [0.15, 0.2) is 0 Å². The molecule has 0 spiro atoms. The zero-order chi connectivity index (χ0) is 25.9. The lowest BCUT2D eigenvalue weighted by Gasteiger charge is -2.22. The molecule has 2 heterocycles. The van der Waals surface area contributed by atoms with E-state index in [0.717, 1.165) is 27.7 Å². The van der Waals surface area contributed by atoms with Crippen LogP contribution >= 0.6 is 0 Å². The van der Waals surface area contributed by atoms with Crippen LogP contribution < -0.4 is 20.8 Å². The summed E-state index contributed by atoms with van der Waals surface area (Å²) in [6.45, 7) is 7.57. The summed E-state index contributed by atoms with van der Waals surface area (Å²) < 4.78 is 13.1. The second-order valence-electron chi connectivity index (χ2n) is 9.64.